The Morgan fingerprint density at radius 1 is 1.14 bits per heavy atom. The van der Waals surface area contributed by atoms with Crippen LogP contribution >= 0.6 is 0 Å². The number of hydrogen-bond donors (Lipinski definition) is 1. The van der Waals surface area contributed by atoms with Crippen LogP contribution in [0.2, 0.25) is 0 Å². The van der Waals surface area contributed by atoms with E-state index in [-0.39, 0.29) is 11.5 Å². The van der Waals surface area contributed by atoms with E-state index < -0.39 is 0 Å². The van der Waals surface area contributed by atoms with Crippen molar-refractivity contribution in [2.24, 2.45) is 0 Å². The largest absolute Gasteiger partial charge is 0.508 e. The van der Waals surface area contributed by atoms with Gasteiger partial charge in [0.15, 0.2) is 5.78 Å². The molecular weight excluding hydrogens is 276 g/mol. The highest BCUT2D eigenvalue weighted by Crippen LogP contribution is 2.14. The summed E-state index contributed by atoms with van der Waals surface area (Å²) in [7, 11) is 0. The van der Waals surface area contributed by atoms with Gasteiger partial charge in [-0.1, -0.05) is 30.3 Å². The molecule has 2 aromatic carbocycles. The van der Waals surface area contributed by atoms with E-state index in [1.807, 2.05) is 35.0 Å². The molecular formula is C18H14N2O2. The molecule has 0 aliphatic heterocycles. The Morgan fingerprint density at radius 2 is 1.95 bits per heavy atom. The molecule has 0 bridgehead atoms. The number of phenolic OH excluding ortho intramolecular Hbond substituents is 1. The van der Waals surface area contributed by atoms with E-state index in [4.69, 9.17) is 0 Å². The van der Waals surface area contributed by atoms with Crippen LogP contribution in [-0.2, 0) is 0 Å². The molecule has 0 saturated carbocycles. The fraction of sp³-hybridized carbons (Fsp3) is 0. The number of carbonyl (C=O) groups excluding carboxylic acids is 1. The molecule has 0 unspecified atom stereocenters. The van der Waals surface area contributed by atoms with Crippen molar-refractivity contribution in [1.29, 1.82) is 0 Å². The van der Waals surface area contributed by atoms with Crippen molar-refractivity contribution < 1.29 is 9.90 Å². The van der Waals surface area contributed by atoms with Gasteiger partial charge in [0.25, 0.3) is 0 Å². The Labute approximate surface area is 128 Å². The number of carbonyl (C=O) groups is 1. The van der Waals surface area contributed by atoms with Gasteiger partial charge in [0.05, 0.1) is 6.33 Å². The van der Waals surface area contributed by atoms with Crippen LogP contribution < -0.4 is 0 Å². The Balaban J connectivity index is 1.74. The second kappa shape index (κ2) is 6.10. The normalized spacial score (nSPS) is 10.9. The van der Waals surface area contributed by atoms with Gasteiger partial charge in [0.2, 0.25) is 0 Å². The van der Waals surface area contributed by atoms with Gasteiger partial charge in [-0.05, 0) is 35.9 Å². The quantitative estimate of drug-likeness (QED) is 0.591. The van der Waals surface area contributed by atoms with Crippen LogP contribution in [0.15, 0.2) is 73.3 Å². The molecule has 0 aliphatic carbocycles. The number of phenols is 1. The molecule has 0 saturated heterocycles. The van der Waals surface area contributed by atoms with Crippen molar-refractivity contribution >= 4 is 11.9 Å². The maximum absolute atomic E-state index is 12.0. The van der Waals surface area contributed by atoms with E-state index in [0.717, 1.165) is 11.3 Å². The number of benzene rings is 2. The number of ketones is 1. The number of rotatable bonds is 4. The summed E-state index contributed by atoms with van der Waals surface area (Å²) in [5.41, 5.74) is 2.40. The second-order valence-electron chi connectivity index (χ2n) is 4.81. The predicted octanol–water partition coefficient (Wildman–Crippen LogP) is 3.47. The van der Waals surface area contributed by atoms with E-state index >= 15 is 0 Å². The summed E-state index contributed by atoms with van der Waals surface area (Å²) in [5, 5.41) is 9.38. The summed E-state index contributed by atoms with van der Waals surface area (Å²) in [4.78, 5) is 16.0. The number of imidazole rings is 1. The molecule has 3 aromatic rings. The Kier molecular flexibility index (Phi) is 3.83. The third-order valence-electron chi connectivity index (χ3n) is 3.25. The summed E-state index contributed by atoms with van der Waals surface area (Å²) >= 11 is 0. The lowest BCUT2D eigenvalue weighted by atomic mass is 10.1. The lowest BCUT2D eigenvalue weighted by Crippen LogP contribution is -1.93. The molecule has 3 rings (SSSR count). The lowest BCUT2D eigenvalue weighted by molar-refractivity contribution is 0.104. The summed E-state index contributed by atoms with van der Waals surface area (Å²) in [6, 6.07) is 14.1. The number of allylic oxidation sites excluding steroid dienone is 1. The molecule has 0 radical (unpaired) electrons. The summed E-state index contributed by atoms with van der Waals surface area (Å²) in [6.45, 7) is 0. The first-order valence-corrected chi connectivity index (χ1v) is 6.82. The third kappa shape index (κ3) is 3.12. The van der Waals surface area contributed by atoms with Crippen molar-refractivity contribution in [2.45, 2.75) is 0 Å². The number of aromatic nitrogens is 2. The summed E-state index contributed by atoms with van der Waals surface area (Å²) in [6.07, 6.45) is 8.58. The van der Waals surface area contributed by atoms with Crippen LogP contribution in [-0.4, -0.2) is 20.4 Å². The zero-order valence-electron chi connectivity index (χ0n) is 11.8. The monoisotopic (exact) mass is 290 g/mol. The molecule has 1 heterocycles. The Morgan fingerprint density at radius 3 is 2.64 bits per heavy atom. The number of hydrogen-bond acceptors (Lipinski definition) is 3. The molecule has 0 fully saturated rings. The standard InChI is InChI=1S/C18H14N2O2/c21-17-3-1-2-15(12-17)18(22)9-6-14-4-7-16(8-5-14)20-11-10-19-13-20/h1-13,21H. The average molecular weight is 290 g/mol. The van der Waals surface area contributed by atoms with E-state index in [1.54, 1.807) is 30.7 Å². The van der Waals surface area contributed by atoms with E-state index in [2.05, 4.69) is 4.98 Å². The van der Waals surface area contributed by atoms with Crippen LogP contribution in [0.3, 0.4) is 0 Å². The van der Waals surface area contributed by atoms with Crippen LogP contribution in [0, 0.1) is 0 Å². The molecule has 22 heavy (non-hydrogen) atoms. The first kappa shape index (κ1) is 13.8. The zero-order chi connectivity index (χ0) is 15.4. The minimum absolute atomic E-state index is 0.0870. The molecule has 0 atom stereocenters. The molecule has 108 valence electrons. The molecule has 0 aliphatic rings. The van der Waals surface area contributed by atoms with E-state index in [0.29, 0.717) is 5.56 Å². The van der Waals surface area contributed by atoms with Crippen molar-refractivity contribution in [3.8, 4) is 11.4 Å². The van der Waals surface area contributed by atoms with Gasteiger partial charge in [0.1, 0.15) is 5.75 Å². The first-order valence-electron chi connectivity index (χ1n) is 6.82. The smallest absolute Gasteiger partial charge is 0.185 e. The van der Waals surface area contributed by atoms with E-state index in [9.17, 15) is 9.90 Å². The van der Waals surface area contributed by atoms with E-state index in [1.165, 1.54) is 18.2 Å². The third-order valence-corrected chi connectivity index (χ3v) is 3.25. The SMILES string of the molecule is O=C(C=Cc1ccc(-n2ccnc2)cc1)c1cccc(O)c1. The van der Waals surface area contributed by atoms with Gasteiger partial charge < -0.3 is 9.67 Å². The lowest BCUT2D eigenvalue weighted by Gasteiger charge is -2.02. The molecule has 4 nitrogen and oxygen atoms in total. The zero-order valence-corrected chi connectivity index (χ0v) is 11.8. The van der Waals surface area contributed by atoms with Gasteiger partial charge in [0, 0.05) is 23.6 Å². The van der Waals surface area contributed by atoms with Crippen molar-refractivity contribution in [1.82, 2.24) is 9.55 Å². The number of nitrogens with zero attached hydrogens (tertiary/aromatic N) is 2. The van der Waals surface area contributed by atoms with Gasteiger partial charge in [-0.25, -0.2) is 4.98 Å². The summed E-state index contributed by atoms with van der Waals surface area (Å²) in [5.74, 6) is -0.0569. The minimum atomic E-state index is -0.144. The maximum atomic E-state index is 12.0. The summed E-state index contributed by atoms with van der Waals surface area (Å²) < 4.78 is 1.91. The van der Waals surface area contributed by atoms with Crippen molar-refractivity contribution in [3.05, 3.63) is 84.5 Å². The highest BCUT2D eigenvalue weighted by Gasteiger charge is 2.02. The molecule has 1 N–H and O–H groups in total. The first-order chi connectivity index (χ1) is 10.7. The topological polar surface area (TPSA) is 55.1 Å². The Bertz CT molecular complexity index is 803. The van der Waals surface area contributed by atoms with Gasteiger partial charge in [-0.15, -0.1) is 0 Å². The van der Waals surface area contributed by atoms with Gasteiger partial charge in [-0.3, -0.25) is 4.79 Å². The number of aromatic hydroxyl groups is 1. The highest BCUT2D eigenvalue weighted by molar-refractivity contribution is 6.07. The predicted molar refractivity (Wildman–Crippen MR) is 85.0 cm³/mol. The van der Waals surface area contributed by atoms with Crippen LogP contribution in [0.25, 0.3) is 11.8 Å². The molecule has 0 spiro atoms. The highest BCUT2D eigenvalue weighted by atomic mass is 16.3. The van der Waals surface area contributed by atoms with Crippen molar-refractivity contribution in [3.63, 3.8) is 0 Å². The average Bonchev–Trinajstić information content (AvgIpc) is 3.07. The molecule has 4 heteroatoms. The minimum Gasteiger partial charge on any atom is -0.508 e. The second-order valence-corrected chi connectivity index (χ2v) is 4.81. The molecule has 0 amide bonds. The van der Waals surface area contributed by atoms with Crippen LogP contribution in [0.4, 0.5) is 0 Å². The van der Waals surface area contributed by atoms with Crippen molar-refractivity contribution in [2.75, 3.05) is 0 Å². The van der Waals surface area contributed by atoms with Gasteiger partial charge >= 0.3 is 0 Å². The molecule has 1 aromatic heterocycles. The Hall–Kier alpha value is -3.14. The fourth-order valence-electron chi connectivity index (χ4n) is 2.10. The maximum Gasteiger partial charge on any atom is 0.185 e. The van der Waals surface area contributed by atoms with Crippen LogP contribution in [0.1, 0.15) is 15.9 Å². The fourth-order valence-corrected chi connectivity index (χ4v) is 2.10. The van der Waals surface area contributed by atoms with Gasteiger partial charge in [-0.2, -0.15) is 0 Å². The van der Waals surface area contributed by atoms with Crippen LogP contribution in [0.5, 0.6) is 5.75 Å².